The fourth-order valence-corrected chi connectivity index (χ4v) is 4.85. The van der Waals surface area contributed by atoms with E-state index < -0.39 is 24.0 Å². The average molecular weight is 565 g/mol. The van der Waals surface area contributed by atoms with Crippen molar-refractivity contribution in [2.45, 2.75) is 51.6 Å². The first kappa shape index (κ1) is 30.4. The van der Waals surface area contributed by atoms with Gasteiger partial charge in [0.1, 0.15) is 0 Å². The Morgan fingerprint density at radius 2 is 0.762 bits per heavy atom. The number of rotatable bonds is 15. The first-order valence-corrected chi connectivity index (χ1v) is 14.8. The molecule has 0 amide bonds. The van der Waals surface area contributed by atoms with Crippen LogP contribution in [0.4, 0.5) is 22.7 Å². The highest BCUT2D eigenvalue weighted by atomic mass is 16.5. The molecule has 2 atom stereocenters. The van der Waals surface area contributed by atoms with Gasteiger partial charge in [0.25, 0.3) is 0 Å². The van der Waals surface area contributed by atoms with Gasteiger partial charge in [-0.1, -0.05) is 99.5 Å². The lowest BCUT2D eigenvalue weighted by atomic mass is 10.00. The fourth-order valence-electron chi connectivity index (χ4n) is 4.85. The fraction of sp³-hybridized carbons (Fsp3) is 0.278. The first-order valence-electron chi connectivity index (χ1n) is 14.8. The second-order valence-electron chi connectivity index (χ2n) is 10.0. The lowest BCUT2D eigenvalue weighted by molar-refractivity contribution is -0.153. The Hall–Kier alpha value is -4.58. The zero-order chi connectivity index (χ0) is 29.6. The lowest BCUT2D eigenvalue weighted by Gasteiger charge is -2.41. The molecule has 4 aromatic rings. The molecule has 218 valence electrons. The number of carbonyl (C=O) groups is 2. The van der Waals surface area contributed by atoms with Crippen molar-refractivity contribution >= 4 is 34.7 Å². The van der Waals surface area contributed by atoms with Gasteiger partial charge in [-0.2, -0.15) is 0 Å². The SMILES string of the molecule is CCCCOC(=O)C(C(C(=O)OCCCC)N(c1ccccc1)c1ccccc1)N(c1ccccc1)c1ccccc1. The number of carbonyl (C=O) groups excluding carboxylic acids is 2. The third-order valence-corrected chi connectivity index (χ3v) is 6.96. The average Bonchev–Trinajstić information content (AvgIpc) is 3.04. The third-order valence-electron chi connectivity index (χ3n) is 6.96. The molecule has 0 radical (unpaired) electrons. The van der Waals surface area contributed by atoms with Crippen molar-refractivity contribution in [3.8, 4) is 0 Å². The molecular formula is C36H40N2O4. The minimum atomic E-state index is -1.08. The summed E-state index contributed by atoms with van der Waals surface area (Å²) in [6.07, 6.45) is 3.20. The van der Waals surface area contributed by atoms with Crippen molar-refractivity contribution in [1.82, 2.24) is 0 Å². The van der Waals surface area contributed by atoms with E-state index in [-0.39, 0.29) is 13.2 Å². The van der Waals surface area contributed by atoms with Crippen LogP contribution in [-0.2, 0) is 19.1 Å². The van der Waals surface area contributed by atoms with Crippen molar-refractivity contribution in [2.75, 3.05) is 23.0 Å². The summed E-state index contributed by atoms with van der Waals surface area (Å²) >= 11 is 0. The van der Waals surface area contributed by atoms with Crippen LogP contribution in [0.15, 0.2) is 121 Å². The molecule has 0 saturated carbocycles. The summed E-state index contributed by atoms with van der Waals surface area (Å²) in [5, 5.41) is 0. The number of benzene rings is 4. The van der Waals surface area contributed by atoms with Crippen LogP contribution in [0.1, 0.15) is 39.5 Å². The predicted molar refractivity (Wildman–Crippen MR) is 169 cm³/mol. The van der Waals surface area contributed by atoms with Crippen LogP contribution < -0.4 is 9.80 Å². The number of nitrogens with zero attached hydrogens (tertiary/aromatic N) is 2. The Balaban J connectivity index is 1.97. The maximum Gasteiger partial charge on any atom is 0.331 e. The predicted octanol–water partition coefficient (Wildman–Crippen LogP) is 8.09. The van der Waals surface area contributed by atoms with E-state index in [1.807, 2.05) is 145 Å². The molecule has 0 saturated heterocycles. The number of para-hydroxylation sites is 4. The van der Waals surface area contributed by atoms with Crippen LogP contribution in [0.3, 0.4) is 0 Å². The molecule has 4 rings (SSSR count). The van der Waals surface area contributed by atoms with Crippen molar-refractivity contribution in [2.24, 2.45) is 0 Å². The second-order valence-corrected chi connectivity index (χ2v) is 10.0. The summed E-state index contributed by atoms with van der Waals surface area (Å²) in [5.41, 5.74) is 3.03. The molecular weight excluding hydrogens is 524 g/mol. The van der Waals surface area contributed by atoms with E-state index >= 15 is 0 Å². The van der Waals surface area contributed by atoms with Crippen LogP contribution in [0.2, 0.25) is 0 Å². The van der Waals surface area contributed by atoms with Crippen LogP contribution in [-0.4, -0.2) is 37.2 Å². The Morgan fingerprint density at radius 1 is 0.500 bits per heavy atom. The van der Waals surface area contributed by atoms with E-state index in [1.165, 1.54) is 0 Å². The van der Waals surface area contributed by atoms with Gasteiger partial charge in [0.2, 0.25) is 0 Å². The summed E-state index contributed by atoms with van der Waals surface area (Å²) in [6, 6.07) is 36.4. The van der Waals surface area contributed by atoms with Crippen molar-refractivity contribution in [3.05, 3.63) is 121 Å². The summed E-state index contributed by atoms with van der Waals surface area (Å²) in [6.45, 7) is 4.62. The second kappa shape index (κ2) is 16.0. The number of esters is 2. The molecule has 0 spiro atoms. The Morgan fingerprint density at radius 3 is 1.00 bits per heavy atom. The molecule has 0 aliphatic carbocycles. The molecule has 2 unspecified atom stereocenters. The van der Waals surface area contributed by atoms with Crippen molar-refractivity contribution < 1.29 is 19.1 Å². The minimum Gasteiger partial charge on any atom is -0.464 e. The van der Waals surface area contributed by atoms with E-state index in [4.69, 9.17) is 9.47 Å². The van der Waals surface area contributed by atoms with Gasteiger partial charge in [-0.3, -0.25) is 0 Å². The first-order chi connectivity index (χ1) is 20.7. The molecule has 4 aromatic carbocycles. The third kappa shape index (κ3) is 7.78. The number of hydrogen-bond acceptors (Lipinski definition) is 6. The van der Waals surface area contributed by atoms with E-state index in [1.54, 1.807) is 0 Å². The Bertz CT molecular complexity index is 1160. The molecule has 6 heteroatoms. The van der Waals surface area contributed by atoms with Gasteiger partial charge in [-0.05, 0) is 61.4 Å². The molecule has 0 aliphatic heterocycles. The van der Waals surface area contributed by atoms with Crippen LogP contribution in [0.5, 0.6) is 0 Å². The number of anilines is 4. The van der Waals surface area contributed by atoms with Gasteiger partial charge in [-0.25, -0.2) is 9.59 Å². The van der Waals surface area contributed by atoms with E-state index in [0.29, 0.717) is 0 Å². The van der Waals surface area contributed by atoms with Gasteiger partial charge in [0.05, 0.1) is 13.2 Å². The van der Waals surface area contributed by atoms with E-state index in [9.17, 15) is 9.59 Å². The summed E-state index contributed by atoms with van der Waals surface area (Å²) in [7, 11) is 0. The van der Waals surface area contributed by atoms with Gasteiger partial charge < -0.3 is 19.3 Å². The molecule has 6 nitrogen and oxygen atoms in total. The number of hydrogen-bond donors (Lipinski definition) is 0. The minimum absolute atomic E-state index is 0.261. The maximum absolute atomic E-state index is 14.4. The summed E-state index contributed by atoms with van der Waals surface area (Å²) < 4.78 is 11.9. The van der Waals surface area contributed by atoms with Crippen LogP contribution in [0, 0.1) is 0 Å². The number of ether oxygens (including phenoxy) is 2. The largest absolute Gasteiger partial charge is 0.464 e. The van der Waals surface area contributed by atoms with Crippen molar-refractivity contribution in [1.29, 1.82) is 0 Å². The molecule has 42 heavy (non-hydrogen) atoms. The van der Waals surface area contributed by atoms with Crippen molar-refractivity contribution in [3.63, 3.8) is 0 Å². The molecule has 0 bridgehead atoms. The monoisotopic (exact) mass is 564 g/mol. The maximum atomic E-state index is 14.4. The molecule has 0 fully saturated rings. The van der Waals surface area contributed by atoms with Gasteiger partial charge in [0.15, 0.2) is 12.1 Å². The zero-order valence-electron chi connectivity index (χ0n) is 24.5. The van der Waals surface area contributed by atoms with E-state index in [2.05, 4.69) is 0 Å². The van der Waals surface area contributed by atoms with Gasteiger partial charge in [0, 0.05) is 22.7 Å². The summed E-state index contributed by atoms with van der Waals surface area (Å²) in [4.78, 5) is 32.5. The topological polar surface area (TPSA) is 59.1 Å². The Labute approximate surface area is 249 Å². The summed E-state index contributed by atoms with van der Waals surface area (Å²) in [5.74, 6) is -0.990. The van der Waals surface area contributed by atoms with Gasteiger partial charge >= 0.3 is 11.9 Å². The molecule has 0 N–H and O–H groups in total. The zero-order valence-corrected chi connectivity index (χ0v) is 24.5. The highest BCUT2D eigenvalue weighted by Gasteiger charge is 2.46. The Kier molecular flexibility index (Phi) is 11.6. The van der Waals surface area contributed by atoms with Crippen LogP contribution >= 0.6 is 0 Å². The molecule has 0 aliphatic rings. The van der Waals surface area contributed by atoms with Crippen LogP contribution in [0.25, 0.3) is 0 Å². The smallest absolute Gasteiger partial charge is 0.331 e. The molecule has 0 heterocycles. The normalized spacial score (nSPS) is 12.1. The standard InChI is InChI=1S/C36H40N2O4/c1-3-5-27-41-35(39)33(37(29-19-11-7-12-20-29)30-21-13-8-14-22-30)34(36(40)42-28-6-4-2)38(31-23-15-9-16-24-31)32-25-17-10-18-26-32/h7-26,33-34H,3-6,27-28H2,1-2H3. The quantitative estimate of drug-likeness (QED) is 0.107. The molecule has 0 aromatic heterocycles. The van der Waals surface area contributed by atoms with E-state index in [0.717, 1.165) is 48.4 Å². The highest BCUT2D eigenvalue weighted by Crippen LogP contribution is 2.36. The van der Waals surface area contributed by atoms with Gasteiger partial charge in [-0.15, -0.1) is 0 Å². The lowest BCUT2D eigenvalue weighted by Crippen LogP contribution is -2.58. The highest BCUT2D eigenvalue weighted by molar-refractivity contribution is 5.96. The number of unbranched alkanes of at least 4 members (excludes halogenated alkanes) is 2.